The van der Waals surface area contributed by atoms with E-state index in [2.05, 4.69) is 11.4 Å². The summed E-state index contributed by atoms with van der Waals surface area (Å²) >= 11 is 0. The van der Waals surface area contributed by atoms with Crippen LogP contribution in [-0.2, 0) is 9.59 Å². The summed E-state index contributed by atoms with van der Waals surface area (Å²) in [4.78, 5) is 21.5. The molecule has 1 aliphatic rings. The van der Waals surface area contributed by atoms with Crippen molar-refractivity contribution in [3.8, 4) is 0 Å². The third-order valence-electron chi connectivity index (χ3n) is 2.39. The zero-order valence-corrected chi connectivity index (χ0v) is 9.24. The molecule has 0 aromatic rings. The van der Waals surface area contributed by atoms with Gasteiger partial charge in [0.1, 0.15) is 0 Å². The highest BCUT2D eigenvalue weighted by Crippen LogP contribution is 2.17. The smallest absolute Gasteiger partial charge is 0.303 e. The predicted octanol–water partition coefficient (Wildman–Crippen LogP) is 1.63. The van der Waals surface area contributed by atoms with Gasteiger partial charge in [0.15, 0.2) is 0 Å². The number of carbonyl (C=O) groups is 2. The number of hydrogen-bond donors (Lipinski definition) is 2. The van der Waals surface area contributed by atoms with Gasteiger partial charge in [0, 0.05) is 19.0 Å². The Morgan fingerprint density at radius 2 is 2.31 bits per heavy atom. The third-order valence-corrected chi connectivity index (χ3v) is 2.39. The van der Waals surface area contributed by atoms with E-state index in [0.29, 0.717) is 13.0 Å². The average molecular weight is 223 g/mol. The maximum atomic E-state index is 11.3. The standard InChI is InChI=1S/C12H17NO3/c14-11(13-9-3-6-12(15)16)8-7-10-4-1-2-5-10/h4,7-8H,1-3,5-6,9H2,(H,13,14)(H,15,16)/b8-7+. The Morgan fingerprint density at radius 1 is 1.50 bits per heavy atom. The molecule has 1 aliphatic carbocycles. The van der Waals surface area contributed by atoms with Crippen LogP contribution in [0.4, 0.5) is 0 Å². The van der Waals surface area contributed by atoms with Crippen LogP contribution in [0.1, 0.15) is 32.1 Å². The first-order chi connectivity index (χ1) is 7.68. The van der Waals surface area contributed by atoms with Crippen LogP contribution >= 0.6 is 0 Å². The molecule has 0 saturated heterocycles. The van der Waals surface area contributed by atoms with Crippen LogP contribution in [0.15, 0.2) is 23.8 Å². The highest BCUT2D eigenvalue weighted by atomic mass is 16.4. The molecule has 0 heterocycles. The van der Waals surface area contributed by atoms with Gasteiger partial charge in [-0.2, -0.15) is 0 Å². The van der Waals surface area contributed by atoms with Gasteiger partial charge in [-0.15, -0.1) is 0 Å². The number of rotatable bonds is 6. The summed E-state index contributed by atoms with van der Waals surface area (Å²) in [6.45, 7) is 0.411. The summed E-state index contributed by atoms with van der Waals surface area (Å²) < 4.78 is 0. The topological polar surface area (TPSA) is 66.4 Å². The van der Waals surface area contributed by atoms with E-state index in [1.807, 2.05) is 6.08 Å². The monoisotopic (exact) mass is 223 g/mol. The minimum absolute atomic E-state index is 0.0924. The molecule has 0 bridgehead atoms. The molecule has 0 aromatic carbocycles. The maximum absolute atomic E-state index is 11.3. The molecule has 0 spiro atoms. The lowest BCUT2D eigenvalue weighted by Gasteiger charge is -1.99. The van der Waals surface area contributed by atoms with Crippen molar-refractivity contribution < 1.29 is 14.7 Å². The van der Waals surface area contributed by atoms with Gasteiger partial charge in [-0.05, 0) is 25.7 Å². The Hall–Kier alpha value is -1.58. The van der Waals surface area contributed by atoms with Crippen molar-refractivity contribution in [3.05, 3.63) is 23.8 Å². The van der Waals surface area contributed by atoms with Crippen molar-refractivity contribution in [1.82, 2.24) is 5.32 Å². The Labute approximate surface area is 95.0 Å². The van der Waals surface area contributed by atoms with E-state index in [9.17, 15) is 9.59 Å². The van der Waals surface area contributed by atoms with E-state index >= 15 is 0 Å². The molecule has 4 nitrogen and oxygen atoms in total. The number of carbonyl (C=O) groups excluding carboxylic acids is 1. The average Bonchev–Trinajstić information content (AvgIpc) is 2.74. The summed E-state index contributed by atoms with van der Waals surface area (Å²) in [7, 11) is 0. The van der Waals surface area contributed by atoms with Gasteiger partial charge >= 0.3 is 5.97 Å². The van der Waals surface area contributed by atoms with Crippen LogP contribution in [-0.4, -0.2) is 23.5 Å². The number of aliphatic carboxylic acids is 1. The first-order valence-electron chi connectivity index (χ1n) is 5.55. The second-order valence-corrected chi connectivity index (χ2v) is 3.79. The lowest BCUT2D eigenvalue weighted by atomic mass is 10.2. The van der Waals surface area contributed by atoms with Crippen molar-refractivity contribution in [1.29, 1.82) is 0 Å². The number of carboxylic acids is 1. The molecule has 0 unspecified atom stereocenters. The van der Waals surface area contributed by atoms with Crippen LogP contribution in [0.3, 0.4) is 0 Å². The third kappa shape index (κ3) is 5.34. The molecule has 2 N–H and O–H groups in total. The summed E-state index contributed by atoms with van der Waals surface area (Å²) in [6, 6.07) is 0. The zero-order chi connectivity index (χ0) is 11.8. The van der Waals surface area contributed by atoms with Crippen molar-refractivity contribution in [2.45, 2.75) is 32.1 Å². The molecule has 4 heteroatoms. The first kappa shape index (κ1) is 12.5. The van der Waals surface area contributed by atoms with E-state index in [1.54, 1.807) is 0 Å². The Morgan fingerprint density at radius 3 is 2.94 bits per heavy atom. The zero-order valence-electron chi connectivity index (χ0n) is 9.24. The van der Waals surface area contributed by atoms with Gasteiger partial charge in [0.05, 0.1) is 0 Å². The van der Waals surface area contributed by atoms with E-state index in [0.717, 1.165) is 12.8 Å². The molecule has 16 heavy (non-hydrogen) atoms. The molecule has 0 radical (unpaired) electrons. The fourth-order valence-corrected chi connectivity index (χ4v) is 1.54. The minimum atomic E-state index is -0.832. The molecular formula is C12H17NO3. The summed E-state index contributed by atoms with van der Waals surface area (Å²) in [5, 5.41) is 11.0. The van der Waals surface area contributed by atoms with Crippen LogP contribution in [0, 0.1) is 0 Å². The number of amides is 1. The highest BCUT2D eigenvalue weighted by molar-refractivity contribution is 5.87. The molecule has 0 atom stereocenters. The van der Waals surface area contributed by atoms with Gasteiger partial charge in [-0.25, -0.2) is 0 Å². The van der Waals surface area contributed by atoms with E-state index in [-0.39, 0.29) is 12.3 Å². The quantitative estimate of drug-likeness (QED) is 0.531. The van der Waals surface area contributed by atoms with Gasteiger partial charge in [-0.1, -0.05) is 17.7 Å². The van der Waals surface area contributed by atoms with E-state index in [1.165, 1.54) is 18.1 Å². The van der Waals surface area contributed by atoms with Crippen molar-refractivity contribution in [2.75, 3.05) is 6.54 Å². The van der Waals surface area contributed by atoms with E-state index in [4.69, 9.17) is 5.11 Å². The normalized spacial score (nSPS) is 15.1. The Bertz CT molecular complexity index is 318. The van der Waals surface area contributed by atoms with Gasteiger partial charge in [0.2, 0.25) is 5.91 Å². The highest BCUT2D eigenvalue weighted by Gasteiger charge is 2.02. The predicted molar refractivity (Wildman–Crippen MR) is 61.0 cm³/mol. The number of allylic oxidation sites excluding steroid dienone is 3. The van der Waals surface area contributed by atoms with Crippen LogP contribution in [0.25, 0.3) is 0 Å². The van der Waals surface area contributed by atoms with Crippen LogP contribution < -0.4 is 5.32 Å². The molecule has 88 valence electrons. The van der Waals surface area contributed by atoms with E-state index < -0.39 is 5.97 Å². The minimum Gasteiger partial charge on any atom is -0.481 e. The number of nitrogens with one attached hydrogen (secondary N) is 1. The summed E-state index contributed by atoms with van der Waals surface area (Å²) in [5.74, 6) is -0.987. The fourth-order valence-electron chi connectivity index (χ4n) is 1.54. The SMILES string of the molecule is O=C(O)CCCNC(=O)/C=C/C1=CCCC1. The lowest BCUT2D eigenvalue weighted by molar-refractivity contribution is -0.137. The second kappa shape index (κ2) is 6.82. The first-order valence-corrected chi connectivity index (χ1v) is 5.55. The molecule has 0 saturated carbocycles. The Kier molecular flexibility index (Phi) is 5.32. The number of carboxylic acid groups (broad SMARTS) is 1. The van der Waals surface area contributed by atoms with Crippen LogP contribution in [0.2, 0.25) is 0 Å². The maximum Gasteiger partial charge on any atom is 0.303 e. The largest absolute Gasteiger partial charge is 0.481 e. The van der Waals surface area contributed by atoms with Crippen LogP contribution in [0.5, 0.6) is 0 Å². The molecule has 1 rings (SSSR count). The molecule has 0 fully saturated rings. The summed E-state index contributed by atoms with van der Waals surface area (Å²) in [5.41, 5.74) is 1.21. The van der Waals surface area contributed by atoms with Crippen molar-refractivity contribution in [3.63, 3.8) is 0 Å². The fraction of sp³-hybridized carbons (Fsp3) is 0.500. The van der Waals surface area contributed by atoms with Gasteiger partial charge in [-0.3, -0.25) is 9.59 Å². The molecule has 0 aliphatic heterocycles. The molecule has 0 aromatic heterocycles. The molecule has 1 amide bonds. The van der Waals surface area contributed by atoms with Gasteiger partial charge in [0.25, 0.3) is 0 Å². The number of hydrogen-bond acceptors (Lipinski definition) is 2. The second-order valence-electron chi connectivity index (χ2n) is 3.79. The molecular weight excluding hydrogens is 206 g/mol. The van der Waals surface area contributed by atoms with Crippen molar-refractivity contribution >= 4 is 11.9 Å². The summed E-state index contributed by atoms with van der Waals surface area (Å²) in [6.07, 6.45) is 9.35. The van der Waals surface area contributed by atoms with Gasteiger partial charge < -0.3 is 10.4 Å². The van der Waals surface area contributed by atoms with Crippen molar-refractivity contribution in [2.24, 2.45) is 0 Å². The Balaban J connectivity index is 2.13. The lowest BCUT2D eigenvalue weighted by Crippen LogP contribution is -2.22.